The molecular formula is C14H18ClN3O2S. The zero-order chi connectivity index (χ0) is 14.9. The molecule has 2 aromatic rings. The van der Waals surface area contributed by atoms with Crippen LogP contribution in [0.15, 0.2) is 35.7 Å². The van der Waals surface area contributed by atoms with E-state index in [0.29, 0.717) is 17.4 Å². The van der Waals surface area contributed by atoms with E-state index in [1.807, 2.05) is 28.8 Å². The molecule has 0 saturated carbocycles. The van der Waals surface area contributed by atoms with Gasteiger partial charge in [-0.15, -0.1) is 10.2 Å². The summed E-state index contributed by atoms with van der Waals surface area (Å²) in [5.74, 6) is 1.50. The minimum atomic E-state index is 0.569. The van der Waals surface area contributed by atoms with Gasteiger partial charge in [0.15, 0.2) is 5.16 Å². The van der Waals surface area contributed by atoms with E-state index in [0.717, 1.165) is 30.5 Å². The Morgan fingerprint density at radius 2 is 2.14 bits per heavy atom. The fourth-order valence-corrected chi connectivity index (χ4v) is 2.68. The summed E-state index contributed by atoms with van der Waals surface area (Å²) in [6.07, 6.45) is 2.69. The molecule has 114 valence electrons. The first-order chi connectivity index (χ1) is 10.3. The Hall–Kier alpha value is -1.24. The lowest BCUT2D eigenvalue weighted by atomic mass is 10.3. The first kappa shape index (κ1) is 16.1. The van der Waals surface area contributed by atoms with Gasteiger partial charge in [-0.25, -0.2) is 0 Å². The molecule has 0 fully saturated rings. The molecule has 1 aromatic heterocycles. The molecule has 0 amide bonds. The van der Waals surface area contributed by atoms with E-state index in [1.54, 1.807) is 25.2 Å². The van der Waals surface area contributed by atoms with Gasteiger partial charge in [0.1, 0.15) is 12.1 Å². The molecule has 0 radical (unpaired) electrons. The van der Waals surface area contributed by atoms with Crippen LogP contribution in [-0.2, 0) is 11.3 Å². The van der Waals surface area contributed by atoms with Crippen LogP contribution in [0.5, 0.6) is 5.75 Å². The lowest BCUT2D eigenvalue weighted by Gasteiger charge is -2.08. The van der Waals surface area contributed by atoms with Gasteiger partial charge in [-0.2, -0.15) is 0 Å². The van der Waals surface area contributed by atoms with Crippen molar-refractivity contribution in [1.82, 2.24) is 14.8 Å². The monoisotopic (exact) mass is 327 g/mol. The Balaban J connectivity index is 1.74. The largest absolute Gasteiger partial charge is 0.491 e. The standard InChI is InChI=1S/C14H18ClN3O2S/c1-19-8-4-7-18-11-16-17-14(18)21-10-9-20-13-6-3-2-5-12(13)15/h2-3,5-6,11H,4,7-10H2,1H3. The number of benzene rings is 1. The molecule has 0 unspecified atom stereocenters. The third kappa shape index (κ3) is 5.22. The van der Waals surface area contributed by atoms with Crippen molar-refractivity contribution in [3.05, 3.63) is 35.6 Å². The van der Waals surface area contributed by atoms with Crippen LogP contribution in [0.3, 0.4) is 0 Å². The lowest BCUT2D eigenvalue weighted by molar-refractivity contribution is 0.189. The average Bonchev–Trinajstić information content (AvgIpc) is 2.93. The van der Waals surface area contributed by atoms with Crippen molar-refractivity contribution in [2.75, 3.05) is 26.1 Å². The van der Waals surface area contributed by atoms with Gasteiger partial charge in [0.25, 0.3) is 0 Å². The van der Waals surface area contributed by atoms with E-state index in [1.165, 1.54) is 0 Å². The van der Waals surface area contributed by atoms with Gasteiger partial charge in [0.05, 0.1) is 11.6 Å². The van der Waals surface area contributed by atoms with Crippen molar-refractivity contribution in [3.8, 4) is 5.75 Å². The van der Waals surface area contributed by atoms with E-state index in [4.69, 9.17) is 21.1 Å². The number of hydrogen-bond acceptors (Lipinski definition) is 5. The first-order valence-electron chi connectivity index (χ1n) is 6.68. The fraction of sp³-hybridized carbons (Fsp3) is 0.429. The zero-order valence-electron chi connectivity index (χ0n) is 11.9. The highest BCUT2D eigenvalue weighted by Crippen LogP contribution is 2.23. The van der Waals surface area contributed by atoms with Crippen molar-refractivity contribution >= 4 is 23.4 Å². The summed E-state index contributed by atoms with van der Waals surface area (Å²) >= 11 is 7.65. The Kier molecular flexibility index (Phi) is 6.85. The molecule has 2 rings (SSSR count). The summed E-state index contributed by atoms with van der Waals surface area (Å²) < 4.78 is 12.7. The second kappa shape index (κ2) is 8.92. The highest BCUT2D eigenvalue weighted by Gasteiger charge is 2.05. The number of rotatable bonds is 9. The fourth-order valence-electron chi connectivity index (χ4n) is 1.74. The van der Waals surface area contributed by atoms with Crippen LogP contribution in [0.2, 0.25) is 5.02 Å². The number of methoxy groups -OCH3 is 1. The predicted molar refractivity (Wildman–Crippen MR) is 84.2 cm³/mol. The third-order valence-electron chi connectivity index (χ3n) is 2.74. The molecular weight excluding hydrogens is 310 g/mol. The van der Waals surface area contributed by atoms with Crippen LogP contribution in [0, 0.1) is 0 Å². The first-order valence-corrected chi connectivity index (χ1v) is 8.04. The Bertz CT molecular complexity index is 551. The number of ether oxygens (including phenoxy) is 2. The summed E-state index contributed by atoms with van der Waals surface area (Å²) in [6.45, 7) is 2.16. The van der Waals surface area contributed by atoms with Crippen molar-refractivity contribution in [1.29, 1.82) is 0 Å². The molecule has 0 bridgehead atoms. The Morgan fingerprint density at radius 3 is 2.95 bits per heavy atom. The highest BCUT2D eigenvalue weighted by atomic mass is 35.5. The predicted octanol–water partition coefficient (Wildman–Crippen LogP) is 3.14. The quantitative estimate of drug-likeness (QED) is 0.523. The maximum Gasteiger partial charge on any atom is 0.191 e. The smallest absolute Gasteiger partial charge is 0.191 e. The van der Waals surface area contributed by atoms with Crippen LogP contribution in [0.4, 0.5) is 0 Å². The number of thioether (sulfide) groups is 1. The maximum absolute atomic E-state index is 6.03. The van der Waals surface area contributed by atoms with E-state index >= 15 is 0 Å². The van der Waals surface area contributed by atoms with Crippen LogP contribution in [0.25, 0.3) is 0 Å². The number of nitrogens with zero attached hydrogens (tertiary/aromatic N) is 3. The van der Waals surface area contributed by atoms with Crippen LogP contribution in [-0.4, -0.2) is 40.8 Å². The summed E-state index contributed by atoms with van der Waals surface area (Å²) in [5, 5.41) is 9.58. The van der Waals surface area contributed by atoms with Gasteiger partial charge in [-0.1, -0.05) is 35.5 Å². The number of aromatic nitrogens is 3. The minimum Gasteiger partial charge on any atom is -0.491 e. The molecule has 1 heterocycles. The third-order valence-corrected chi connectivity index (χ3v) is 3.99. The van der Waals surface area contributed by atoms with Gasteiger partial charge in [0, 0.05) is 26.0 Å². The normalized spacial score (nSPS) is 10.8. The summed E-state index contributed by atoms with van der Waals surface area (Å²) in [6, 6.07) is 7.46. The second-order valence-electron chi connectivity index (χ2n) is 4.28. The van der Waals surface area contributed by atoms with Crippen LogP contribution in [0.1, 0.15) is 6.42 Å². The van der Waals surface area contributed by atoms with Gasteiger partial charge in [-0.3, -0.25) is 0 Å². The van der Waals surface area contributed by atoms with Gasteiger partial charge < -0.3 is 14.0 Å². The van der Waals surface area contributed by atoms with Crippen molar-refractivity contribution in [2.45, 2.75) is 18.1 Å². The number of para-hydroxylation sites is 1. The van der Waals surface area contributed by atoms with E-state index in [9.17, 15) is 0 Å². The summed E-state index contributed by atoms with van der Waals surface area (Å²) in [7, 11) is 1.70. The van der Waals surface area contributed by atoms with Crippen molar-refractivity contribution in [2.24, 2.45) is 0 Å². The minimum absolute atomic E-state index is 0.569. The van der Waals surface area contributed by atoms with E-state index in [2.05, 4.69) is 10.2 Å². The molecule has 0 spiro atoms. The van der Waals surface area contributed by atoms with E-state index < -0.39 is 0 Å². The van der Waals surface area contributed by atoms with Gasteiger partial charge >= 0.3 is 0 Å². The molecule has 1 aromatic carbocycles. The summed E-state index contributed by atoms with van der Waals surface area (Å²) in [5.41, 5.74) is 0. The number of aryl methyl sites for hydroxylation is 1. The van der Waals surface area contributed by atoms with Crippen molar-refractivity contribution < 1.29 is 9.47 Å². The highest BCUT2D eigenvalue weighted by molar-refractivity contribution is 7.99. The lowest BCUT2D eigenvalue weighted by Crippen LogP contribution is -2.04. The molecule has 0 aliphatic rings. The van der Waals surface area contributed by atoms with Gasteiger partial charge in [-0.05, 0) is 18.6 Å². The molecule has 0 N–H and O–H groups in total. The Labute approximate surface area is 133 Å². The summed E-state index contributed by atoms with van der Waals surface area (Å²) in [4.78, 5) is 0. The molecule has 0 saturated heterocycles. The Morgan fingerprint density at radius 1 is 1.29 bits per heavy atom. The molecule has 0 aliphatic carbocycles. The second-order valence-corrected chi connectivity index (χ2v) is 5.75. The van der Waals surface area contributed by atoms with Gasteiger partial charge in [0.2, 0.25) is 0 Å². The molecule has 7 heteroatoms. The number of hydrogen-bond donors (Lipinski definition) is 0. The average molecular weight is 328 g/mol. The van der Waals surface area contributed by atoms with Crippen molar-refractivity contribution in [3.63, 3.8) is 0 Å². The number of halogens is 1. The topological polar surface area (TPSA) is 49.2 Å². The molecule has 21 heavy (non-hydrogen) atoms. The SMILES string of the molecule is COCCCn1cnnc1SCCOc1ccccc1Cl. The molecule has 0 aliphatic heterocycles. The maximum atomic E-state index is 6.03. The molecule has 5 nitrogen and oxygen atoms in total. The van der Waals surface area contributed by atoms with E-state index in [-0.39, 0.29) is 0 Å². The molecule has 0 atom stereocenters. The zero-order valence-corrected chi connectivity index (χ0v) is 13.4. The van der Waals surface area contributed by atoms with Crippen LogP contribution < -0.4 is 4.74 Å². The van der Waals surface area contributed by atoms with Crippen LogP contribution >= 0.6 is 23.4 Å².